The van der Waals surface area contributed by atoms with E-state index in [2.05, 4.69) is 6.92 Å². The normalized spacial score (nSPS) is 20.6. The minimum Gasteiger partial charge on any atom is -0.338 e. The Labute approximate surface area is 140 Å². The van der Waals surface area contributed by atoms with Crippen LogP contribution < -0.4 is 5.73 Å². The molecule has 0 radical (unpaired) electrons. The number of thioether (sulfide) groups is 1. The van der Waals surface area contributed by atoms with Crippen LogP contribution in [0.5, 0.6) is 0 Å². The van der Waals surface area contributed by atoms with Crippen LogP contribution >= 0.6 is 24.2 Å². The van der Waals surface area contributed by atoms with Gasteiger partial charge in [-0.05, 0) is 36.8 Å². The van der Waals surface area contributed by atoms with E-state index in [1.807, 2.05) is 0 Å². The third-order valence-electron chi connectivity index (χ3n) is 3.96. The van der Waals surface area contributed by atoms with Crippen molar-refractivity contribution in [2.24, 2.45) is 11.1 Å². The number of carbonyl (C=O) groups excluding carboxylic acids is 1. The molecule has 1 aromatic carbocycles. The number of benzene rings is 1. The van der Waals surface area contributed by atoms with Crippen LogP contribution in [-0.4, -0.2) is 41.6 Å². The van der Waals surface area contributed by atoms with Gasteiger partial charge < -0.3 is 10.6 Å². The van der Waals surface area contributed by atoms with Crippen molar-refractivity contribution in [2.75, 3.05) is 25.9 Å². The monoisotopic (exact) mass is 345 g/mol. The van der Waals surface area contributed by atoms with Gasteiger partial charge in [-0.2, -0.15) is 0 Å². The molecule has 0 aromatic heterocycles. The molecule has 1 aliphatic rings. The highest BCUT2D eigenvalue weighted by Crippen LogP contribution is 2.32. The molecule has 22 heavy (non-hydrogen) atoms. The average molecular weight is 346 g/mol. The summed E-state index contributed by atoms with van der Waals surface area (Å²) in [5.41, 5.74) is 6.03. The Bertz CT molecular complexity index is 584. The van der Waals surface area contributed by atoms with Crippen LogP contribution in [0.25, 0.3) is 0 Å². The van der Waals surface area contributed by atoms with Crippen molar-refractivity contribution in [1.29, 1.82) is 0 Å². The number of halogens is 1. The number of likely N-dealkylation sites (tertiary alicyclic amines) is 1. The van der Waals surface area contributed by atoms with Crippen LogP contribution in [0.15, 0.2) is 23.1 Å². The molecule has 2 rings (SSSR count). The van der Waals surface area contributed by atoms with Crippen molar-refractivity contribution in [3.63, 3.8) is 0 Å². The van der Waals surface area contributed by atoms with Gasteiger partial charge in [0.1, 0.15) is 0 Å². The number of carbonyl (C=O) groups is 1. The summed E-state index contributed by atoms with van der Waals surface area (Å²) in [6.07, 6.45) is 2.64. The van der Waals surface area contributed by atoms with E-state index in [0.29, 0.717) is 30.1 Å². The Morgan fingerprint density at radius 3 is 2.73 bits per heavy atom. The summed E-state index contributed by atoms with van der Waals surface area (Å²) in [5, 5.41) is 11.1. The summed E-state index contributed by atoms with van der Waals surface area (Å²) in [5.74, 6) is -0.164. The van der Waals surface area contributed by atoms with Gasteiger partial charge in [-0.3, -0.25) is 14.9 Å². The summed E-state index contributed by atoms with van der Waals surface area (Å²) < 4.78 is 0. The Balaban J connectivity index is 0.00000242. The lowest BCUT2D eigenvalue weighted by molar-refractivity contribution is -0.387. The second kappa shape index (κ2) is 7.30. The first-order valence-electron chi connectivity index (χ1n) is 6.72. The molecule has 0 saturated carbocycles. The zero-order chi connectivity index (χ0) is 15.6. The smallest absolute Gasteiger partial charge is 0.283 e. The summed E-state index contributed by atoms with van der Waals surface area (Å²) in [6, 6.07) is 4.65. The predicted molar refractivity (Wildman–Crippen MR) is 89.8 cm³/mol. The van der Waals surface area contributed by atoms with E-state index in [4.69, 9.17) is 5.73 Å². The van der Waals surface area contributed by atoms with E-state index in [0.717, 1.165) is 6.42 Å². The van der Waals surface area contributed by atoms with Gasteiger partial charge in [-0.15, -0.1) is 24.2 Å². The highest BCUT2D eigenvalue weighted by atomic mass is 35.5. The number of rotatable bonds is 4. The van der Waals surface area contributed by atoms with E-state index in [-0.39, 0.29) is 29.4 Å². The van der Waals surface area contributed by atoms with E-state index in [9.17, 15) is 14.9 Å². The summed E-state index contributed by atoms with van der Waals surface area (Å²) >= 11 is 1.30. The second-order valence-electron chi connectivity index (χ2n) is 5.64. The van der Waals surface area contributed by atoms with Crippen LogP contribution in [0.2, 0.25) is 0 Å². The summed E-state index contributed by atoms with van der Waals surface area (Å²) in [4.78, 5) is 25.4. The lowest BCUT2D eigenvalue weighted by Crippen LogP contribution is -2.34. The second-order valence-corrected chi connectivity index (χ2v) is 6.48. The van der Waals surface area contributed by atoms with Crippen molar-refractivity contribution < 1.29 is 9.72 Å². The number of nitro benzene ring substituents is 1. The molecule has 0 spiro atoms. The van der Waals surface area contributed by atoms with Crippen LogP contribution in [0, 0.1) is 15.5 Å². The van der Waals surface area contributed by atoms with E-state index in [1.54, 1.807) is 23.3 Å². The molecule has 0 aliphatic carbocycles. The zero-order valence-corrected chi connectivity index (χ0v) is 14.2. The molecule has 6 nitrogen and oxygen atoms in total. The van der Waals surface area contributed by atoms with Crippen molar-refractivity contribution in [1.82, 2.24) is 4.90 Å². The highest BCUT2D eigenvalue weighted by molar-refractivity contribution is 7.98. The van der Waals surface area contributed by atoms with Gasteiger partial charge in [0.15, 0.2) is 0 Å². The molecule has 1 atom stereocenters. The molecule has 1 unspecified atom stereocenters. The highest BCUT2D eigenvalue weighted by Gasteiger charge is 2.35. The molecule has 1 heterocycles. The Hall–Kier alpha value is -1.31. The molecule has 2 N–H and O–H groups in total. The molecule has 1 amide bonds. The maximum Gasteiger partial charge on any atom is 0.283 e. The van der Waals surface area contributed by atoms with Crippen molar-refractivity contribution in [3.8, 4) is 0 Å². The summed E-state index contributed by atoms with van der Waals surface area (Å²) in [7, 11) is 0. The van der Waals surface area contributed by atoms with Gasteiger partial charge in [0, 0.05) is 24.7 Å². The van der Waals surface area contributed by atoms with Gasteiger partial charge in [0.25, 0.3) is 11.6 Å². The first-order valence-corrected chi connectivity index (χ1v) is 7.94. The topological polar surface area (TPSA) is 89.5 Å². The Morgan fingerprint density at radius 2 is 2.23 bits per heavy atom. The lowest BCUT2D eigenvalue weighted by Gasteiger charge is -2.22. The number of amides is 1. The molecular formula is C14H20ClN3O3S. The quantitative estimate of drug-likeness (QED) is 0.514. The zero-order valence-electron chi connectivity index (χ0n) is 12.6. The first kappa shape index (κ1) is 18.7. The van der Waals surface area contributed by atoms with Crippen LogP contribution in [0.1, 0.15) is 23.7 Å². The van der Waals surface area contributed by atoms with E-state index < -0.39 is 4.92 Å². The molecule has 1 aliphatic heterocycles. The van der Waals surface area contributed by atoms with Gasteiger partial charge >= 0.3 is 0 Å². The fourth-order valence-corrected chi connectivity index (χ4v) is 3.06. The van der Waals surface area contributed by atoms with Crippen LogP contribution in [-0.2, 0) is 0 Å². The van der Waals surface area contributed by atoms with Crippen LogP contribution in [0.3, 0.4) is 0 Å². The maximum absolute atomic E-state index is 12.5. The third-order valence-corrected chi connectivity index (χ3v) is 4.75. The van der Waals surface area contributed by atoms with Gasteiger partial charge in [0.2, 0.25) is 0 Å². The number of hydrogen-bond donors (Lipinski definition) is 1. The van der Waals surface area contributed by atoms with Crippen LogP contribution in [0.4, 0.5) is 5.69 Å². The molecule has 1 fully saturated rings. The number of nitro groups is 1. The molecule has 122 valence electrons. The first-order chi connectivity index (χ1) is 9.90. The fraction of sp³-hybridized carbons (Fsp3) is 0.500. The van der Waals surface area contributed by atoms with Crippen molar-refractivity contribution >= 4 is 35.8 Å². The van der Waals surface area contributed by atoms with Crippen molar-refractivity contribution in [2.45, 2.75) is 18.2 Å². The standard InChI is InChI=1S/C14H19N3O3S.ClH/c1-14(8-15)5-6-16(9-14)13(18)10-3-4-12(21-2)11(7-10)17(19)20;/h3-4,7H,5-6,8-9,15H2,1-2H3;1H. The fourth-order valence-electron chi connectivity index (χ4n) is 2.51. The van der Waals surface area contributed by atoms with Gasteiger partial charge in [-0.25, -0.2) is 0 Å². The number of hydrogen-bond acceptors (Lipinski definition) is 5. The minimum absolute atomic E-state index is 0. The molecular weight excluding hydrogens is 326 g/mol. The van der Waals surface area contributed by atoms with Gasteiger partial charge in [-0.1, -0.05) is 6.92 Å². The molecule has 0 bridgehead atoms. The summed E-state index contributed by atoms with van der Waals surface area (Å²) in [6.45, 7) is 3.83. The Kier molecular flexibility index (Phi) is 6.22. The molecule has 1 saturated heterocycles. The maximum atomic E-state index is 12.5. The average Bonchev–Trinajstić information content (AvgIpc) is 2.89. The Morgan fingerprint density at radius 1 is 1.55 bits per heavy atom. The largest absolute Gasteiger partial charge is 0.338 e. The van der Waals surface area contributed by atoms with Crippen molar-refractivity contribution in [3.05, 3.63) is 33.9 Å². The van der Waals surface area contributed by atoms with Gasteiger partial charge in [0.05, 0.1) is 9.82 Å². The van der Waals surface area contributed by atoms with E-state index in [1.165, 1.54) is 17.8 Å². The lowest BCUT2D eigenvalue weighted by atomic mass is 9.90. The molecule has 8 heteroatoms. The third kappa shape index (κ3) is 3.71. The molecule has 1 aromatic rings. The predicted octanol–water partition coefficient (Wildman–Crippen LogP) is 2.55. The minimum atomic E-state index is -0.448. The van der Waals surface area contributed by atoms with E-state index >= 15 is 0 Å². The number of nitrogens with two attached hydrogens (primary N) is 1. The SMILES string of the molecule is CSc1ccc(C(=O)N2CCC(C)(CN)C2)cc1[N+](=O)[O-].Cl. The number of nitrogens with zero attached hydrogens (tertiary/aromatic N) is 2.